The van der Waals surface area contributed by atoms with Crippen molar-refractivity contribution in [1.29, 1.82) is 0 Å². The first-order valence-electron chi connectivity index (χ1n) is 10.6. The molecule has 0 bridgehead atoms. The van der Waals surface area contributed by atoms with E-state index >= 15 is 0 Å². The lowest BCUT2D eigenvalue weighted by atomic mass is 9.74. The summed E-state index contributed by atoms with van der Waals surface area (Å²) < 4.78 is 1.15. The van der Waals surface area contributed by atoms with E-state index in [0.717, 1.165) is 4.48 Å². The van der Waals surface area contributed by atoms with Crippen LogP contribution in [0.5, 0.6) is 0 Å². The molecule has 2 unspecified atom stereocenters. The molecule has 25 heavy (non-hydrogen) atoms. The Kier molecular flexibility index (Phi) is 13.1. The highest BCUT2D eigenvalue weighted by molar-refractivity contribution is 5.18. The van der Waals surface area contributed by atoms with Crippen LogP contribution in [0, 0.1) is 11.3 Å². The van der Waals surface area contributed by atoms with Crippen LogP contribution in [0.2, 0.25) is 0 Å². The Balaban J connectivity index is 0.00000576. The fourth-order valence-electron chi connectivity index (χ4n) is 4.10. The van der Waals surface area contributed by atoms with E-state index in [2.05, 4.69) is 59.2 Å². The standard InChI is InChI=1S/C23H44N.BrH/c1-6-7-8-9-10-11-12-13-14-17-20-24(4,5)21-23(3)19-16-15-18-22(23)2;/h15-16,18-19,22H,6-14,17,20-21H2,1-5H3;1H/q+1;/p-1. The average Bonchev–Trinajstić information content (AvgIpc) is 2.51. The summed E-state index contributed by atoms with van der Waals surface area (Å²) in [4.78, 5) is 0. The van der Waals surface area contributed by atoms with Gasteiger partial charge in [-0.25, -0.2) is 0 Å². The molecule has 2 heteroatoms. The van der Waals surface area contributed by atoms with Crippen LogP contribution in [0.3, 0.4) is 0 Å². The molecule has 0 fully saturated rings. The van der Waals surface area contributed by atoms with Gasteiger partial charge in [-0.1, -0.05) is 96.4 Å². The van der Waals surface area contributed by atoms with E-state index in [1.54, 1.807) is 0 Å². The maximum atomic E-state index is 2.43. The second kappa shape index (κ2) is 13.1. The number of hydrogen-bond acceptors (Lipinski definition) is 0. The quantitative estimate of drug-likeness (QED) is 0.318. The fraction of sp³-hybridized carbons (Fsp3) is 0.826. The van der Waals surface area contributed by atoms with Crippen LogP contribution in [0.15, 0.2) is 24.3 Å². The lowest BCUT2D eigenvalue weighted by Gasteiger charge is -2.41. The molecular weight excluding hydrogens is 370 g/mol. The Bertz CT molecular complexity index is 386. The zero-order valence-corrected chi connectivity index (χ0v) is 19.3. The molecule has 0 spiro atoms. The average molecular weight is 415 g/mol. The normalized spacial score (nSPS) is 22.8. The number of unbranched alkanes of at least 4 members (excludes halogenated alkanes) is 9. The Morgan fingerprint density at radius 1 is 0.840 bits per heavy atom. The number of rotatable bonds is 13. The first-order valence-corrected chi connectivity index (χ1v) is 10.6. The molecule has 1 rings (SSSR count). The van der Waals surface area contributed by atoms with Crippen molar-refractivity contribution in [2.24, 2.45) is 11.3 Å². The molecule has 1 aliphatic rings. The minimum absolute atomic E-state index is 0. The van der Waals surface area contributed by atoms with Crippen LogP contribution >= 0.6 is 0 Å². The van der Waals surface area contributed by atoms with Crippen LogP contribution in [-0.4, -0.2) is 31.7 Å². The third kappa shape index (κ3) is 10.6. The van der Waals surface area contributed by atoms with Gasteiger partial charge in [0, 0.05) is 5.41 Å². The number of halogens is 1. The Morgan fingerprint density at radius 3 is 1.88 bits per heavy atom. The van der Waals surface area contributed by atoms with Gasteiger partial charge in [-0.15, -0.1) is 0 Å². The smallest absolute Gasteiger partial charge is 0.0877 e. The highest BCUT2D eigenvalue weighted by Gasteiger charge is 2.35. The molecule has 0 saturated carbocycles. The molecular formula is C23H44BrN. The Hall–Kier alpha value is -0.0800. The van der Waals surface area contributed by atoms with Gasteiger partial charge in [0.25, 0.3) is 0 Å². The highest BCUT2D eigenvalue weighted by Crippen LogP contribution is 2.35. The maximum absolute atomic E-state index is 2.43. The first kappa shape index (κ1) is 24.9. The van der Waals surface area contributed by atoms with Crippen molar-refractivity contribution >= 4 is 0 Å². The molecule has 0 saturated heterocycles. The molecule has 0 aliphatic heterocycles. The Labute approximate surface area is 169 Å². The van der Waals surface area contributed by atoms with Gasteiger partial charge in [-0.3, -0.25) is 0 Å². The zero-order valence-electron chi connectivity index (χ0n) is 17.7. The third-order valence-electron chi connectivity index (χ3n) is 5.91. The second-order valence-corrected chi connectivity index (χ2v) is 9.04. The van der Waals surface area contributed by atoms with Gasteiger partial charge in [0.15, 0.2) is 0 Å². The molecule has 0 heterocycles. The number of allylic oxidation sites excluding steroid dienone is 3. The van der Waals surface area contributed by atoms with Crippen molar-refractivity contribution in [1.82, 2.24) is 0 Å². The molecule has 0 N–H and O–H groups in total. The van der Waals surface area contributed by atoms with E-state index in [4.69, 9.17) is 0 Å². The molecule has 2 atom stereocenters. The van der Waals surface area contributed by atoms with Crippen LogP contribution in [0.1, 0.15) is 85.0 Å². The van der Waals surface area contributed by atoms with Gasteiger partial charge >= 0.3 is 0 Å². The SMILES string of the molecule is CCCCCCCCCCCC[N+](C)(C)CC1(C)C=CC=CC1C.[Br-]. The van der Waals surface area contributed by atoms with E-state index in [1.165, 1.54) is 77.3 Å². The van der Waals surface area contributed by atoms with Crippen LogP contribution in [0.4, 0.5) is 0 Å². The van der Waals surface area contributed by atoms with Crippen LogP contribution < -0.4 is 17.0 Å². The topological polar surface area (TPSA) is 0 Å². The van der Waals surface area contributed by atoms with E-state index in [-0.39, 0.29) is 17.0 Å². The van der Waals surface area contributed by atoms with E-state index in [9.17, 15) is 0 Å². The van der Waals surface area contributed by atoms with Gasteiger partial charge in [-0.2, -0.15) is 0 Å². The van der Waals surface area contributed by atoms with Crippen molar-refractivity contribution in [3.8, 4) is 0 Å². The summed E-state index contributed by atoms with van der Waals surface area (Å²) in [6, 6.07) is 0. The van der Waals surface area contributed by atoms with Gasteiger partial charge < -0.3 is 21.5 Å². The Morgan fingerprint density at radius 2 is 1.36 bits per heavy atom. The van der Waals surface area contributed by atoms with Gasteiger partial charge in [-0.05, 0) is 18.8 Å². The summed E-state index contributed by atoms with van der Waals surface area (Å²) >= 11 is 0. The molecule has 148 valence electrons. The number of quaternary nitrogens is 1. The van der Waals surface area contributed by atoms with Crippen molar-refractivity contribution in [3.05, 3.63) is 24.3 Å². The lowest BCUT2D eigenvalue weighted by molar-refractivity contribution is -0.896. The number of nitrogens with zero attached hydrogens (tertiary/aromatic N) is 1. The molecule has 0 radical (unpaired) electrons. The van der Waals surface area contributed by atoms with E-state index in [1.807, 2.05) is 0 Å². The first-order chi connectivity index (χ1) is 11.4. The number of hydrogen-bond donors (Lipinski definition) is 0. The predicted octanol–water partition coefficient (Wildman–Crippen LogP) is 3.76. The van der Waals surface area contributed by atoms with Crippen molar-refractivity contribution in [3.63, 3.8) is 0 Å². The lowest BCUT2D eigenvalue weighted by Crippen LogP contribution is -3.00. The fourth-order valence-corrected chi connectivity index (χ4v) is 4.10. The summed E-state index contributed by atoms with van der Waals surface area (Å²) in [6.07, 6.45) is 23.5. The summed E-state index contributed by atoms with van der Waals surface area (Å²) in [6.45, 7) is 9.64. The van der Waals surface area contributed by atoms with Crippen LogP contribution in [-0.2, 0) is 0 Å². The molecule has 0 aromatic rings. The predicted molar refractivity (Wildman–Crippen MR) is 109 cm³/mol. The minimum Gasteiger partial charge on any atom is -1.00 e. The van der Waals surface area contributed by atoms with Crippen LogP contribution in [0.25, 0.3) is 0 Å². The monoisotopic (exact) mass is 413 g/mol. The molecule has 0 aromatic heterocycles. The van der Waals surface area contributed by atoms with E-state index < -0.39 is 0 Å². The molecule has 1 nitrogen and oxygen atoms in total. The maximum Gasteiger partial charge on any atom is 0.0877 e. The van der Waals surface area contributed by atoms with Crippen molar-refractivity contribution in [2.45, 2.75) is 85.0 Å². The minimum atomic E-state index is 0. The highest BCUT2D eigenvalue weighted by atomic mass is 79.9. The summed E-state index contributed by atoms with van der Waals surface area (Å²) in [5.74, 6) is 0.646. The third-order valence-corrected chi connectivity index (χ3v) is 5.91. The summed E-state index contributed by atoms with van der Waals surface area (Å²) in [7, 11) is 4.83. The summed E-state index contributed by atoms with van der Waals surface area (Å²) in [5, 5.41) is 0. The van der Waals surface area contributed by atoms with Gasteiger partial charge in [0.1, 0.15) is 0 Å². The molecule has 0 amide bonds. The second-order valence-electron chi connectivity index (χ2n) is 9.04. The van der Waals surface area contributed by atoms with Gasteiger partial charge in [0.2, 0.25) is 0 Å². The van der Waals surface area contributed by atoms with Gasteiger partial charge in [0.05, 0.1) is 27.2 Å². The van der Waals surface area contributed by atoms with E-state index in [0.29, 0.717) is 11.3 Å². The van der Waals surface area contributed by atoms with Crippen molar-refractivity contribution in [2.75, 3.05) is 27.2 Å². The largest absolute Gasteiger partial charge is 1.00 e. The molecule has 0 aromatic carbocycles. The summed E-state index contributed by atoms with van der Waals surface area (Å²) in [5.41, 5.74) is 0.316. The molecule has 1 aliphatic carbocycles. The zero-order chi connectivity index (χ0) is 17.9. The van der Waals surface area contributed by atoms with Crippen molar-refractivity contribution < 1.29 is 21.5 Å².